The van der Waals surface area contributed by atoms with Crippen LogP contribution in [0.5, 0.6) is 0 Å². The van der Waals surface area contributed by atoms with Crippen molar-refractivity contribution in [3.63, 3.8) is 0 Å². The largest absolute Gasteiger partial charge is 0.324 e. The highest BCUT2D eigenvalue weighted by atomic mass is 35.5. The lowest BCUT2D eigenvalue weighted by atomic mass is 10.1. The lowest BCUT2D eigenvalue weighted by Gasteiger charge is -2.05. The Hall–Kier alpha value is -3.23. The van der Waals surface area contributed by atoms with Gasteiger partial charge in [-0.05, 0) is 30.3 Å². The molecule has 0 spiro atoms. The summed E-state index contributed by atoms with van der Waals surface area (Å²) in [5.41, 5.74) is 2.16. The summed E-state index contributed by atoms with van der Waals surface area (Å²) in [5.74, 6) is 1.14. The van der Waals surface area contributed by atoms with Crippen LogP contribution in [0.3, 0.4) is 0 Å². The average molecular weight is 423 g/mol. The third kappa shape index (κ3) is 3.35. The molecule has 1 aromatic carbocycles. The number of pyridine rings is 2. The molecule has 0 aliphatic heterocycles. The van der Waals surface area contributed by atoms with Crippen LogP contribution in [0.25, 0.3) is 20.8 Å². The van der Waals surface area contributed by atoms with Crippen LogP contribution in [0.15, 0.2) is 42.7 Å². The first kappa shape index (κ1) is 18.1. The zero-order valence-electron chi connectivity index (χ0n) is 13.9. The number of nitriles is 2. The Bertz CT molecular complexity index is 1260. The maximum atomic E-state index is 9.05. The minimum atomic E-state index is 0.360. The predicted octanol–water partition coefficient (Wildman–Crippen LogP) is 5.55. The molecule has 0 aliphatic rings. The van der Waals surface area contributed by atoms with Gasteiger partial charge in [-0.2, -0.15) is 10.5 Å². The third-order valence-corrected chi connectivity index (χ3v) is 5.52. The van der Waals surface area contributed by atoms with Crippen LogP contribution >= 0.6 is 34.5 Å². The molecule has 134 valence electrons. The molecule has 0 bridgehead atoms. The fourth-order valence-electron chi connectivity index (χ4n) is 2.55. The third-order valence-electron chi connectivity index (χ3n) is 3.83. The maximum Gasteiger partial charge on any atom is 0.151 e. The Labute approximate surface area is 173 Å². The number of nitrogens with zero attached hydrogens (tertiary/aromatic N) is 5. The minimum Gasteiger partial charge on any atom is -0.324 e. The van der Waals surface area contributed by atoms with Gasteiger partial charge in [0, 0.05) is 18.0 Å². The minimum absolute atomic E-state index is 0.360. The van der Waals surface area contributed by atoms with Crippen LogP contribution in [0.2, 0.25) is 10.0 Å². The summed E-state index contributed by atoms with van der Waals surface area (Å²) in [6, 6.07) is 12.3. The number of fused-ring (bicyclic) bond motifs is 1. The van der Waals surface area contributed by atoms with E-state index in [-0.39, 0.29) is 0 Å². The van der Waals surface area contributed by atoms with Crippen LogP contribution in [0, 0.1) is 22.7 Å². The Balaban J connectivity index is 1.77. The number of rotatable bonds is 3. The molecule has 0 saturated carbocycles. The highest BCUT2D eigenvalue weighted by molar-refractivity contribution is 7.22. The number of benzene rings is 1. The summed E-state index contributed by atoms with van der Waals surface area (Å²) in [4.78, 5) is 13.2. The monoisotopic (exact) mass is 422 g/mol. The molecule has 0 radical (unpaired) electrons. The molecular weight excluding hydrogens is 415 g/mol. The van der Waals surface area contributed by atoms with Gasteiger partial charge in [-0.3, -0.25) is 0 Å². The lowest BCUT2D eigenvalue weighted by molar-refractivity contribution is 1.26. The molecule has 3 aromatic heterocycles. The van der Waals surface area contributed by atoms with Crippen molar-refractivity contribution in [2.45, 2.75) is 0 Å². The number of hydrogen-bond donors (Lipinski definition) is 1. The number of halogens is 2. The second-order valence-corrected chi connectivity index (χ2v) is 7.44. The summed E-state index contributed by atoms with van der Waals surface area (Å²) in [7, 11) is 0. The van der Waals surface area contributed by atoms with Gasteiger partial charge in [-0.15, -0.1) is 11.3 Å². The van der Waals surface area contributed by atoms with E-state index in [2.05, 4.69) is 20.3 Å². The van der Waals surface area contributed by atoms with E-state index < -0.39 is 0 Å². The molecule has 9 heteroatoms. The van der Waals surface area contributed by atoms with Crippen molar-refractivity contribution in [3.8, 4) is 22.7 Å². The molecule has 3 heterocycles. The summed E-state index contributed by atoms with van der Waals surface area (Å²) in [6.07, 6.45) is 3.12. The van der Waals surface area contributed by atoms with Crippen LogP contribution in [0.4, 0.5) is 11.6 Å². The standard InChI is InChI=1S/C19H8Cl2N6S/c20-12-5-11(8-23)6-13(21)16(12)19-26-14-3-4-24-18(17(14)28-19)27-15-2-1-10(7-22)9-25-15/h1-6,9H,(H,24,25,27). The first-order valence-electron chi connectivity index (χ1n) is 7.87. The van der Waals surface area contributed by atoms with E-state index in [0.717, 1.165) is 10.2 Å². The Morgan fingerprint density at radius 1 is 0.964 bits per heavy atom. The zero-order chi connectivity index (χ0) is 19.7. The van der Waals surface area contributed by atoms with Crippen molar-refractivity contribution in [1.29, 1.82) is 10.5 Å². The highest BCUT2D eigenvalue weighted by Crippen LogP contribution is 2.41. The molecule has 0 fully saturated rings. The van der Waals surface area contributed by atoms with Crippen LogP contribution in [-0.4, -0.2) is 15.0 Å². The van der Waals surface area contributed by atoms with E-state index in [1.807, 2.05) is 12.1 Å². The number of anilines is 2. The fourth-order valence-corrected chi connectivity index (χ4v) is 4.40. The van der Waals surface area contributed by atoms with Crippen molar-refractivity contribution in [2.75, 3.05) is 5.32 Å². The van der Waals surface area contributed by atoms with Gasteiger partial charge in [-0.1, -0.05) is 23.2 Å². The van der Waals surface area contributed by atoms with Crippen LogP contribution < -0.4 is 5.32 Å². The predicted molar refractivity (Wildman–Crippen MR) is 110 cm³/mol. The number of thiazole rings is 1. The number of hydrogen-bond acceptors (Lipinski definition) is 7. The van der Waals surface area contributed by atoms with Crippen molar-refractivity contribution >= 4 is 56.4 Å². The van der Waals surface area contributed by atoms with Crippen molar-refractivity contribution < 1.29 is 0 Å². The molecule has 6 nitrogen and oxygen atoms in total. The van der Waals surface area contributed by atoms with Gasteiger partial charge in [0.15, 0.2) is 5.82 Å². The van der Waals surface area contributed by atoms with Gasteiger partial charge in [0.25, 0.3) is 0 Å². The van der Waals surface area contributed by atoms with Gasteiger partial charge in [0.1, 0.15) is 16.9 Å². The van der Waals surface area contributed by atoms with Gasteiger partial charge in [0.2, 0.25) is 0 Å². The zero-order valence-corrected chi connectivity index (χ0v) is 16.3. The molecule has 0 aliphatic carbocycles. The fraction of sp³-hybridized carbons (Fsp3) is 0. The molecule has 0 saturated heterocycles. The van der Waals surface area contributed by atoms with E-state index >= 15 is 0 Å². The lowest BCUT2D eigenvalue weighted by Crippen LogP contribution is -1.95. The summed E-state index contributed by atoms with van der Waals surface area (Å²) in [6.45, 7) is 0. The SMILES string of the molecule is N#Cc1ccc(Nc2nccc3nc(-c4c(Cl)cc(C#N)cc4Cl)sc23)nc1. The Morgan fingerprint density at radius 2 is 1.71 bits per heavy atom. The van der Waals surface area contributed by atoms with E-state index in [9.17, 15) is 0 Å². The average Bonchev–Trinajstić information content (AvgIpc) is 3.12. The van der Waals surface area contributed by atoms with Crippen LogP contribution in [-0.2, 0) is 0 Å². The van der Waals surface area contributed by atoms with E-state index in [4.69, 9.17) is 33.7 Å². The van der Waals surface area contributed by atoms with Crippen molar-refractivity contribution in [1.82, 2.24) is 15.0 Å². The summed E-state index contributed by atoms with van der Waals surface area (Å²) >= 11 is 14.1. The van der Waals surface area contributed by atoms with Gasteiger partial charge in [0.05, 0.1) is 37.5 Å². The summed E-state index contributed by atoms with van der Waals surface area (Å²) < 4.78 is 0.806. The Kier molecular flexibility index (Phi) is 4.81. The topological polar surface area (TPSA) is 98.3 Å². The van der Waals surface area contributed by atoms with Gasteiger partial charge in [-0.25, -0.2) is 15.0 Å². The van der Waals surface area contributed by atoms with Crippen molar-refractivity contribution in [2.24, 2.45) is 0 Å². The molecule has 0 amide bonds. The van der Waals surface area contributed by atoms with Gasteiger partial charge < -0.3 is 5.32 Å². The quantitative estimate of drug-likeness (QED) is 0.464. The first-order chi connectivity index (χ1) is 13.6. The molecule has 4 rings (SSSR count). The first-order valence-corrected chi connectivity index (χ1v) is 9.44. The van der Waals surface area contributed by atoms with Gasteiger partial charge >= 0.3 is 0 Å². The Morgan fingerprint density at radius 3 is 2.36 bits per heavy atom. The second kappa shape index (κ2) is 7.41. The van der Waals surface area contributed by atoms with Crippen LogP contribution in [0.1, 0.15) is 11.1 Å². The van der Waals surface area contributed by atoms with Crippen molar-refractivity contribution in [3.05, 3.63) is 63.9 Å². The molecule has 4 aromatic rings. The van der Waals surface area contributed by atoms with E-state index in [1.165, 1.54) is 17.5 Å². The molecule has 28 heavy (non-hydrogen) atoms. The molecule has 0 atom stereocenters. The molecule has 1 N–H and O–H groups in total. The van der Waals surface area contributed by atoms with E-state index in [1.54, 1.807) is 36.5 Å². The molecule has 0 unspecified atom stereocenters. The number of nitrogens with one attached hydrogen (secondary N) is 1. The number of aromatic nitrogens is 3. The van der Waals surface area contributed by atoms with E-state index in [0.29, 0.717) is 43.4 Å². The molecular formula is C19H8Cl2N6S. The summed E-state index contributed by atoms with van der Waals surface area (Å²) in [5, 5.41) is 22.4. The smallest absolute Gasteiger partial charge is 0.151 e. The highest BCUT2D eigenvalue weighted by Gasteiger charge is 2.17. The normalized spacial score (nSPS) is 10.4. The maximum absolute atomic E-state index is 9.05. The second-order valence-electron chi connectivity index (χ2n) is 5.62.